The highest BCUT2D eigenvalue weighted by molar-refractivity contribution is 8.13. The summed E-state index contributed by atoms with van der Waals surface area (Å²) in [5.41, 5.74) is 0.662. The van der Waals surface area contributed by atoms with Crippen LogP contribution in [0.25, 0.3) is 6.08 Å². The van der Waals surface area contributed by atoms with Gasteiger partial charge in [0, 0.05) is 18.9 Å². The molecule has 1 aromatic rings. The standard InChI is InChI=1S/C11H11ClFNOS/c1-8(15)16-5-3-2-4-9-6-10(13)11(12)14-7-9/h2,4,6-7H,3,5H2,1H3. The molecule has 0 unspecified atom stereocenters. The molecule has 2 nitrogen and oxygen atoms in total. The highest BCUT2D eigenvalue weighted by Gasteiger charge is 1.99. The molecule has 0 aliphatic rings. The van der Waals surface area contributed by atoms with Crippen molar-refractivity contribution in [3.05, 3.63) is 34.9 Å². The fourth-order valence-corrected chi connectivity index (χ4v) is 1.66. The predicted molar refractivity (Wildman–Crippen MR) is 66.0 cm³/mol. The van der Waals surface area contributed by atoms with Crippen LogP contribution in [-0.2, 0) is 4.79 Å². The van der Waals surface area contributed by atoms with Gasteiger partial charge in [-0.15, -0.1) is 0 Å². The molecule has 0 amide bonds. The average Bonchev–Trinajstić information content (AvgIpc) is 2.22. The maximum absolute atomic E-state index is 13.0. The minimum absolute atomic E-state index is 0.104. The number of thioether (sulfide) groups is 1. The summed E-state index contributed by atoms with van der Waals surface area (Å²) >= 11 is 6.72. The molecule has 0 aliphatic carbocycles. The number of allylic oxidation sites excluding steroid dienone is 1. The zero-order chi connectivity index (χ0) is 12.0. The van der Waals surface area contributed by atoms with Crippen LogP contribution in [0.5, 0.6) is 0 Å². The van der Waals surface area contributed by atoms with Crippen LogP contribution in [-0.4, -0.2) is 15.9 Å². The van der Waals surface area contributed by atoms with Gasteiger partial charge in [0.15, 0.2) is 16.1 Å². The molecule has 0 aromatic carbocycles. The van der Waals surface area contributed by atoms with E-state index in [1.165, 1.54) is 30.9 Å². The molecule has 16 heavy (non-hydrogen) atoms. The van der Waals surface area contributed by atoms with Crippen LogP contribution in [0.15, 0.2) is 18.3 Å². The van der Waals surface area contributed by atoms with E-state index in [1.54, 1.807) is 6.08 Å². The second kappa shape index (κ2) is 6.66. The monoisotopic (exact) mass is 259 g/mol. The van der Waals surface area contributed by atoms with Crippen LogP contribution in [0.4, 0.5) is 4.39 Å². The minimum Gasteiger partial charge on any atom is -0.288 e. The van der Waals surface area contributed by atoms with Crippen molar-refractivity contribution < 1.29 is 9.18 Å². The average molecular weight is 260 g/mol. The Labute approximate surface area is 103 Å². The molecule has 0 aliphatic heterocycles. The SMILES string of the molecule is CC(=O)SCCC=Cc1cnc(Cl)c(F)c1. The number of halogens is 2. The number of aromatic nitrogens is 1. The number of carbonyl (C=O) groups excluding carboxylic acids is 1. The van der Waals surface area contributed by atoms with Crippen LogP contribution in [0.3, 0.4) is 0 Å². The molecule has 1 rings (SSSR count). The van der Waals surface area contributed by atoms with Gasteiger partial charge in [-0.2, -0.15) is 0 Å². The molecule has 0 fully saturated rings. The van der Waals surface area contributed by atoms with E-state index in [-0.39, 0.29) is 10.3 Å². The Kier molecular flexibility index (Phi) is 5.49. The first-order valence-corrected chi connectivity index (χ1v) is 6.07. The Morgan fingerprint density at radius 3 is 3.06 bits per heavy atom. The zero-order valence-corrected chi connectivity index (χ0v) is 10.3. The molecule has 1 heterocycles. The summed E-state index contributed by atoms with van der Waals surface area (Å²) in [7, 11) is 0. The van der Waals surface area contributed by atoms with E-state index in [2.05, 4.69) is 4.98 Å². The fraction of sp³-hybridized carbons (Fsp3) is 0.273. The van der Waals surface area contributed by atoms with Gasteiger partial charge in [0.1, 0.15) is 0 Å². The molecule has 0 radical (unpaired) electrons. The van der Waals surface area contributed by atoms with Crippen molar-refractivity contribution in [3.63, 3.8) is 0 Å². The van der Waals surface area contributed by atoms with Crippen molar-refractivity contribution in [1.29, 1.82) is 0 Å². The molecular formula is C11H11ClFNOS. The highest BCUT2D eigenvalue weighted by Crippen LogP contribution is 2.13. The number of hydrogen-bond donors (Lipinski definition) is 0. The second-order valence-corrected chi connectivity index (χ2v) is 4.70. The maximum Gasteiger partial charge on any atom is 0.185 e. The molecule has 0 N–H and O–H groups in total. The van der Waals surface area contributed by atoms with Gasteiger partial charge in [-0.1, -0.05) is 35.5 Å². The smallest absolute Gasteiger partial charge is 0.185 e. The normalized spacial score (nSPS) is 10.9. The lowest BCUT2D eigenvalue weighted by molar-refractivity contribution is -0.109. The van der Waals surface area contributed by atoms with Crippen molar-refractivity contribution in [3.8, 4) is 0 Å². The molecule has 5 heteroatoms. The quantitative estimate of drug-likeness (QED) is 0.612. The van der Waals surface area contributed by atoms with Gasteiger partial charge in [-0.3, -0.25) is 4.79 Å². The van der Waals surface area contributed by atoms with Crippen LogP contribution in [0.2, 0.25) is 5.15 Å². The van der Waals surface area contributed by atoms with E-state index in [9.17, 15) is 9.18 Å². The van der Waals surface area contributed by atoms with E-state index in [0.29, 0.717) is 5.56 Å². The van der Waals surface area contributed by atoms with Gasteiger partial charge in [-0.05, 0) is 18.1 Å². The lowest BCUT2D eigenvalue weighted by Gasteiger charge is -1.95. The number of carbonyl (C=O) groups is 1. The first kappa shape index (κ1) is 13.2. The van der Waals surface area contributed by atoms with Crippen molar-refractivity contribution >= 4 is 34.6 Å². The lowest BCUT2D eigenvalue weighted by atomic mass is 10.2. The predicted octanol–water partition coefficient (Wildman–Crippen LogP) is 3.56. The number of pyridine rings is 1. The molecule has 0 saturated heterocycles. The van der Waals surface area contributed by atoms with Crippen molar-refractivity contribution in [2.45, 2.75) is 13.3 Å². The number of hydrogen-bond acceptors (Lipinski definition) is 3. The van der Waals surface area contributed by atoms with Gasteiger partial charge in [0.05, 0.1) is 0 Å². The minimum atomic E-state index is -0.526. The third-order valence-electron chi connectivity index (χ3n) is 1.72. The molecule has 1 aromatic heterocycles. The fourth-order valence-electron chi connectivity index (χ4n) is 1.02. The molecular weight excluding hydrogens is 249 g/mol. The van der Waals surface area contributed by atoms with Gasteiger partial charge in [0.2, 0.25) is 0 Å². The van der Waals surface area contributed by atoms with E-state index < -0.39 is 5.82 Å². The summed E-state index contributed by atoms with van der Waals surface area (Å²) < 4.78 is 13.0. The topological polar surface area (TPSA) is 30.0 Å². The van der Waals surface area contributed by atoms with E-state index in [4.69, 9.17) is 11.6 Å². The van der Waals surface area contributed by atoms with Crippen LogP contribution < -0.4 is 0 Å². The lowest BCUT2D eigenvalue weighted by Crippen LogP contribution is -1.85. The first-order valence-electron chi connectivity index (χ1n) is 4.70. The Balaban J connectivity index is 2.44. The summed E-state index contributed by atoms with van der Waals surface area (Å²) in [6.07, 6.45) is 5.89. The van der Waals surface area contributed by atoms with Crippen molar-refractivity contribution in [2.75, 3.05) is 5.75 Å². The summed E-state index contributed by atoms with van der Waals surface area (Å²) in [4.78, 5) is 14.3. The van der Waals surface area contributed by atoms with Gasteiger partial charge in [-0.25, -0.2) is 9.37 Å². The van der Waals surface area contributed by atoms with Gasteiger partial charge in [0.25, 0.3) is 0 Å². The van der Waals surface area contributed by atoms with E-state index >= 15 is 0 Å². The Bertz CT molecular complexity index is 409. The summed E-state index contributed by atoms with van der Waals surface area (Å²) in [5, 5.41) is -0.0168. The summed E-state index contributed by atoms with van der Waals surface area (Å²) in [6.45, 7) is 1.53. The molecule has 0 saturated carbocycles. The Hall–Kier alpha value is -0.870. The zero-order valence-electron chi connectivity index (χ0n) is 8.74. The van der Waals surface area contributed by atoms with Crippen LogP contribution in [0.1, 0.15) is 18.9 Å². The van der Waals surface area contributed by atoms with Crippen LogP contribution in [0, 0.1) is 5.82 Å². The first-order chi connectivity index (χ1) is 7.59. The van der Waals surface area contributed by atoms with Crippen molar-refractivity contribution in [1.82, 2.24) is 4.98 Å². The molecule has 0 spiro atoms. The van der Waals surface area contributed by atoms with E-state index in [0.717, 1.165) is 12.2 Å². The van der Waals surface area contributed by atoms with Crippen molar-refractivity contribution in [2.24, 2.45) is 0 Å². The third kappa shape index (κ3) is 4.77. The third-order valence-corrected chi connectivity index (χ3v) is 2.84. The Morgan fingerprint density at radius 2 is 2.44 bits per heavy atom. The number of nitrogens with zero attached hydrogens (tertiary/aromatic N) is 1. The molecule has 86 valence electrons. The highest BCUT2D eigenvalue weighted by atomic mass is 35.5. The largest absolute Gasteiger partial charge is 0.288 e. The van der Waals surface area contributed by atoms with Crippen LogP contribution >= 0.6 is 23.4 Å². The molecule has 0 bridgehead atoms. The Morgan fingerprint density at radius 1 is 1.69 bits per heavy atom. The summed E-state index contributed by atoms with van der Waals surface area (Å²) in [6, 6.07) is 1.32. The maximum atomic E-state index is 13.0. The molecule has 0 atom stereocenters. The second-order valence-electron chi connectivity index (χ2n) is 3.07. The summed E-state index contributed by atoms with van der Waals surface area (Å²) in [5.74, 6) is 0.205. The van der Waals surface area contributed by atoms with Gasteiger partial charge >= 0.3 is 0 Å². The number of rotatable bonds is 4. The van der Waals surface area contributed by atoms with E-state index in [1.807, 2.05) is 6.08 Å². The van der Waals surface area contributed by atoms with Gasteiger partial charge < -0.3 is 0 Å².